The number of anilines is 1. The molecule has 0 bridgehead atoms. The van der Waals surface area contributed by atoms with Gasteiger partial charge in [-0.2, -0.15) is 18.4 Å². The van der Waals surface area contributed by atoms with Crippen LogP contribution < -0.4 is 4.90 Å². The Hall–Kier alpha value is -3.30. The van der Waals surface area contributed by atoms with E-state index in [1.807, 2.05) is 6.07 Å². The minimum atomic E-state index is -4.66. The Bertz CT molecular complexity index is 1310. The lowest BCUT2D eigenvalue weighted by Crippen LogP contribution is -2.35. The molecule has 3 rings (SSSR count). The Labute approximate surface area is 191 Å². The summed E-state index contributed by atoms with van der Waals surface area (Å²) in [4.78, 5) is 17.6. The number of aliphatic carboxylic acids is 1. The first-order chi connectivity index (χ1) is 15.3. The van der Waals surface area contributed by atoms with Crippen molar-refractivity contribution < 1.29 is 31.5 Å². The quantitative estimate of drug-likeness (QED) is 0.620. The van der Waals surface area contributed by atoms with Crippen LogP contribution in [0.3, 0.4) is 0 Å². The van der Waals surface area contributed by atoms with Crippen molar-refractivity contribution in [3.63, 3.8) is 0 Å². The number of carboxylic acids is 1. The zero-order valence-electron chi connectivity index (χ0n) is 17.2. The topological polar surface area (TPSA) is 111 Å². The lowest BCUT2D eigenvalue weighted by atomic mass is 9.95. The molecular weight excluding hydrogens is 479 g/mol. The van der Waals surface area contributed by atoms with Crippen LogP contribution in [-0.2, 0) is 19.8 Å². The van der Waals surface area contributed by atoms with Crippen molar-refractivity contribution in [2.45, 2.75) is 19.1 Å². The van der Waals surface area contributed by atoms with E-state index < -0.39 is 32.6 Å². The molecule has 1 atom stereocenters. The number of nitriles is 1. The number of aliphatic imine (C=N–C) groups is 1. The molecule has 0 spiro atoms. The van der Waals surface area contributed by atoms with Gasteiger partial charge in [0.2, 0.25) is 8.87 Å². The molecule has 0 radical (unpaired) electrons. The Morgan fingerprint density at radius 3 is 2.36 bits per heavy atom. The fourth-order valence-corrected chi connectivity index (χ4v) is 5.17. The maximum atomic E-state index is 13.3. The molecular formula is C21H16F3N3O4S2. The molecule has 0 saturated heterocycles. The van der Waals surface area contributed by atoms with Gasteiger partial charge in [0.1, 0.15) is 6.04 Å². The number of carboxylic acid groups (broad SMARTS) is 1. The first-order valence-corrected chi connectivity index (χ1v) is 12.4. The van der Waals surface area contributed by atoms with E-state index in [4.69, 9.17) is 5.26 Å². The molecule has 0 aromatic heterocycles. The maximum absolute atomic E-state index is 13.3. The van der Waals surface area contributed by atoms with Crippen LogP contribution in [0.25, 0.3) is 0 Å². The second-order valence-electron chi connectivity index (χ2n) is 7.02. The van der Waals surface area contributed by atoms with Crippen molar-refractivity contribution in [2.75, 3.05) is 11.2 Å². The minimum absolute atomic E-state index is 0.0114. The van der Waals surface area contributed by atoms with Crippen molar-refractivity contribution in [1.29, 1.82) is 5.26 Å². The predicted octanol–water partition coefficient (Wildman–Crippen LogP) is 4.55. The van der Waals surface area contributed by atoms with E-state index in [1.165, 1.54) is 37.3 Å². The number of allylic oxidation sites excluding steroid dienone is 1. The normalized spacial score (nSPS) is 16.9. The molecule has 0 aliphatic carbocycles. The van der Waals surface area contributed by atoms with Crippen LogP contribution in [0.4, 0.5) is 18.9 Å². The van der Waals surface area contributed by atoms with Crippen LogP contribution in [0.1, 0.15) is 29.7 Å². The van der Waals surface area contributed by atoms with E-state index in [0.717, 1.165) is 29.4 Å². The van der Waals surface area contributed by atoms with Crippen molar-refractivity contribution >= 4 is 36.5 Å². The van der Waals surface area contributed by atoms with E-state index in [-0.39, 0.29) is 22.1 Å². The van der Waals surface area contributed by atoms with Crippen molar-refractivity contribution in [2.24, 2.45) is 4.99 Å². The highest BCUT2D eigenvalue weighted by atomic mass is 33.1. The summed E-state index contributed by atoms with van der Waals surface area (Å²) in [6.07, 6.45) is -3.75. The average molecular weight is 496 g/mol. The van der Waals surface area contributed by atoms with Gasteiger partial charge in [0.05, 0.1) is 22.8 Å². The SMILES string of the molecule is CC1=C(C(=O)O)C(c2ccc(C#N)cc2)N=C(SS(C)(=O)=O)N1c1cccc(C(F)(F)F)c1. The third-order valence-corrected chi connectivity index (χ3v) is 6.77. The van der Waals surface area contributed by atoms with E-state index in [0.29, 0.717) is 21.9 Å². The minimum Gasteiger partial charge on any atom is -0.478 e. The average Bonchev–Trinajstić information content (AvgIpc) is 2.71. The predicted molar refractivity (Wildman–Crippen MR) is 118 cm³/mol. The number of halogens is 3. The van der Waals surface area contributed by atoms with Gasteiger partial charge in [0.15, 0.2) is 5.17 Å². The van der Waals surface area contributed by atoms with Crippen LogP contribution in [-0.4, -0.2) is 30.9 Å². The highest BCUT2D eigenvalue weighted by Gasteiger charge is 2.37. The van der Waals surface area contributed by atoms with E-state index in [1.54, 1.807) is 0 Å². The lowest BCUT2D eigenvalue weighted by Gasteiger charge is -2.34. The van der Waals surface area contributed by atoms with Gasteiger partial charge in [-0.05, 0) is 42.8 Å². The Kier molecular flexibility index (Phi) is 6.58. The highest BCUT2D eigenvalue weighted by Crippen LogP contribution is 2.41. The molecule has 7 nitrogen and oxygen atoms in total. The van der Waals surface area contributed by atoms with Crippen LogP contribution in [0, 0.1) is 11.3 Å². The fourth-order valence-electron chi connectivity index (χ4n) is 3.27. The summed E-state index contributed by atoms with van der Waals surface area (Å²) in [5.41, 5.74) is -0.599. The van der Waals surface area contributed by atoms with Crippen LogP contribution in [0.15, 0.2) is 64.8 Å². The first-order valence-electron chi connectivity index (χ1n) is 9.20. The lowest BCUT2D eigenvalue weighted by molar-refractivity contribution is -0.137. The number of hydrogen-bond donors (Lipinski definition) is 1. The van der Waals surface area contributed by atoms with E-state index in [2.05, 4.69) is 4.99 Å². The molecule has 2 aromatic rings. The van der Waals surface area contributed by atoms with E-state index in [9.17, 15) is 31.5 Å². The molecule has 2 aromatic carbocycles. The number of hydrogen-bond acceptors (Lipinski definition) is 7. The molecule has 0 saturated carbocycles. The Balaban J connectivity index is 2.24. The number of carbonyl (C=O) groups is 1. The van der Waals surface area contributed by atoms with Gasteiger partial charge in [-0.3, -0.25) is 4.90 Å². The van der Waals surface area contributed by atoms with Crippen molar-refractivity contribution in [3.8, 4) is 6.07 Å². The first kappa shape index (κ1) is 24.3. The van der Waals surface area contributed by atoms with Crippen LogP contribution >= 0.6 is 10.8 Å². The summed E-state index contributed by atoms with van der Waals surface area (Å²) in [6, 6.07) is 10.8. The fraction of sp³-hybridized carbons (Fsp3) is 0.190. The molecule has 1 N–H and O–H groups in total. The van der Waals surface area contributed by atoms with Gasteiger partial charge < -0.3 is 5.11 Å². The molecule has 1 heterocycles. The molecule has 172 valence electrons. The van der Waals surface area contributed by atoms with Gasteiger partial charge in [0.25, 0.3) is 0 Å². The summed E-state index contributed by atoms with van der Waals surface area (Å²) in [5, 5.41) is 18.7. The van der Waals surface area contributed by atoms with Gasteiger partial charge in [-0.1, -0.05) is 18.2 Å². The third kappa shape index (κ3) is 5.37. The van der Waals surface area contributed by atoms with Crippen molar-refractivity contribution in [1.82, 2.24) is 0 Å². The number of benzene rings is 2. The third-order valence-electron chi connectivity index (χ3n) is 4.67. The molecule has 1 aliphatic heterocycles. The highest BCUT2D eigenvalue weighted by molar-refractivity contribution is 8.77. The summed E-state index contributed by atoms with van der Waals surface area (Å²) >= 11 is 0. The molecule has 0 fully saturated rings. The van der Waals surface area contributed by atoms with Gasteiger partial charge >= 0.3 is 12.1 Å². The van der Waals surface area contributed by atoms with Gasteiger partial charge in [-0.15, -0.1) is 0 Å². The Morgan fingerprint density at radius 1 is 1.21 bits per heavy atom. The standard InChI is InChI=1S/C21H16F3N3O4S2/c1-12-17(19(28)29)18(14-8-6-13(11-25)7-9-14)26-20(32-33(2,30)31)27(12)16-5-3-4-15(10-16)21(22,23)24/h3-10,18H,1-2H3,(H,28,29). The van der Waals surface area contributed by atoms with E-state index >= 15 is 0 Å². The number of alkyl halides is 3. The smallest absolute Gasteiger partial charge is 0.416 e. The monoisotopic (exact) mass is 495 g/mol. The second-order valence-corrected chi connectivity index (χ2v) is 11.3. The Morgan fingerprint density at radius 2 is 1.85 bits per heavy atom. The largest absolute Gasteiger partial charge is 0.478 e. The molecule has 12 heteroatoms. The van der Waals surface area contributed by atoms with Gasteiger partial charge in [-0.25, -0.2) is 18.2 Å². The van der Waals surface area contributed by atoms with Crippen LogP contribution in [0.2, 0.25) is 0 Å². The summed E-state index contributed by atoms with van der Waals surface area (Å²) in [5.74, 6) is -1.37. The van der Waals surface area contributed by atoms with Gasteiger partial charge in [0, 0.05) is 28.4 Å². The summed E-state index contributed by atoms with van der Waals surface area (Å²) in [6.45, 7) is 1.37. The zero-order chi connectivity index (χ0) is 24.6. The molecule has 33 heavy (non-hydrogen) atoms. The molecule has 1 unspecified atom stereocenters. The van der Waals surface area contributed by atoms with Crippen molar-refractivity contribution in [3.05, 3.63) is 76.5 Å². The molecule has 1 aliphatic rings. The second kappa shape index (κ2) is 8.92. The number of amidine groups is 1. The summed E-state index contributed by atoms with van der Waals surface area (Å²) < 4.78 is 63.9. The zero-order valence-corrected chi connectivity index (χ0v) is 18.8. The maximum Gasteiger partial charge on any atom is 0.416 e. The molecule has 0 amide bonds. The van der Waals surface area contributed by atoms with Crippen LogP contribution in [0.5, 0.6) is 0 Å². The number of nitrogens with zero attached hydrogens (tertiary/aromatic N) is 3. The number of rotatable bonds is 4. The summed E-state index contributed by atoms with van der Waals surface area (Å²) in [7, 11) is -3.47.